The third-order valence-corrected chi connectivity index (χ3v) is 2.63. The van der Waals surface area contributed by atoms with Gasteiger partial charge in [0.1, 0.15) is 0 Å². The third kappa shape index (κ3) is 3.52. The Bertz CT molecular complexity index is 303. The standard InChI is InChI=1S/C10H16N2O4/c1-12(5-3-9(14)15)10(16)7-2-4-11-8(13)6-7/h7H,2-6H2,1H3,(H,11,13)(H,14,15). The second-order valence-corrected chi connectivity index (χ2v) is 3.94. The molecule has 1 rings (SSSR count). The Kier molecular flexibility index (Phi) is 4.28. The van der Waals surface area contributed by atoms with Crippen LogP contribution in [-0.4, -0.2) is 47.9 Å². The lowest BCUT2D eigenvalue weighted by molar-refractivity contribution is -0.141. The summed E-state index contributed by atoms with van der Waals surface area (Å²) in [6, 6.07) is 0. The molecular weight excluding hydrogens is 212 g/mol. The van der Waals surface area contributed by atoms with Crippen molar-refractivity contribution < 1.29 is 19.5 Å². The SMILES string of the molecule is CN(CCC(=O)O)C(=O)C1CCNC(=O)C1. The first-order chi connectivity index (χ1) is 7.50. The zero-order valence-corrected chi connectivity index (χ0v) is 9.23. The number of nitrogens with zero attached hydrogens (tertiary/aromatic N) is 1. The molecule has 1 unspecified atom stereocenters. The van der Waals surface area contributed by atoms with Crippen LogP contribution in [-0.2, 0) is 14.4 Å². The average molecular weight is 228 g/mol. The number of carbonyl (C=O) groups is 3. The number of carboxylic acid groups (broad SMARTS) is 1. The van der Waals surface area contributed by atoms with Gasteiger partial charge in [-0.2, -0.15) is 0 Å². The average Bonchev–Trinajstić information content (AvgIpc) is 2.24. The normalized spacial score (nSPS) is 20.1. The van der Waals surface area contributed by atoms with Gasteiger partial charge >= 0.3 is 5.97 Å². The summed E-state index contributed by atoms with van der Waals surface area (Å²) in [7, 11) is 1.57. The van der Waals surface area contributed by atoms with Crippen LogP contribution < -0.4 is 5.32 Å². The van der Waals surface area contributed by atoms with Crippen LogP contribution in [0.3, 0.4) is 0 Å². The van der Waals surface area contributed by atoms with Crippen molar-refractivity contribution in [2.45, 2.75) is 19.3 Å². The summed E-state index contributed by atoms with van der Waals surface area (Å²) in [4.78, 5) is 34.6. The lowest BCUT2D eigenvalue weighted by Gasteiger charge is -2.26. The first-order valence-electron chi connectivity index (χ1n) is 5.24. The Morgan fingerprint density at radius 3 is 2.81 bits per heavy atom. The van der Waals surface area contributed by atoms with E-state index in [1.807, 2.05) is 0 Å². The van der Waals surface area contributed by atoms with Crippen molar-refractivity contribution >= 4 is 17.8 Å². The maximum Gasteiger partial charge on any atom is 0.305 e. The monoisotopic (exact) mass is 228 g/mol. The summed E-state index contributed by atoms with van der Waals surface area (Å²) in [5, 5.41) is 11.1. The number of amides is 2. The van der Waals surface area contributed by atoms with Gasteiger partial charge in [-0.15, -0.1) is 0 Å². The van der Waals surface area contributed by atoms with Crippen LogP contribution in [0.25, 0.3) is 0 Å². The Hall–Kier alpha value is -1.59. The van der Waals surface area contributed by atoms with Crippen molar-refractivity contribution in [2.75, 3.05) is 20.1 Å². The van der Waals surface area contributed by atoms with E-state index in [1.54, 1.807) is 7.05 Å². The minimum Gasteiger partial charge on any atom is -0.481 e. The predicted octanol–water partition coefficient (Wildman–Crippen LogP) is -0.554. The van der Waals surface area contributed by atoms with E-state index in [0.717, 1.165) is 0 Å². The van der Waals surface area contributed by atoms with Crippen LogP contribution in [0.4, 0.5) is 0 Å². The summed E-state index contributed by atoms with van der Waals surface area (Å²) in [6.07, 6.45) is 0.763. The molecule has 1 heterocycles. The molecule has 0 radical (unpaired) electrons. The van der Waals surface area contributed by atoms with Crippen LogP contribution in [0, 0.1) is 5.92 Å². The van der Waals surface area contributed by atoms with Crippen molar-refractivity contribution in [1.82, 2.24) is 10.2 Å². The van der Waals surface area contributed by atoms with Gasteiger partial charge in [0.25, 0.3) is 0 Å². The van der Waals surface area contributed by atoms with Gasteiger partial charge in [-0.25, -0.2) is 0 Å². The van der Waals surface area contributed by atoms with Crippen molar-refractivity contribution in [3.8, 4) is 0 Å². The third-order valence-electron chi connectivity index (χ3n) is 2.63. The second-order valence-electron chi connectivity index (χ2n) is 3.94. The molecule has 0 aromatic carbocycles. The number of carbonyl (C=O) groups excluding carboxylic acids is 2. The number of hydrogen-bond acceptors (Lipinski definition) is 3. The maximum atomic E-state index is 11.8. The highest BCUT2D eigenvalue weighted by molar-refractivity contribution is 5.87. The smallest absolute Gasteiger partial charge is 0.305 e. The summed E-state index contributed by atoms with van der Waals surface area (Å²) >= 11 is 0. The van der Waals surface area contributed by atoms with Crippen LogP contribution in [0.2, 0.25) is 0 Å². The summed E-state index contributed by atoms with van der Waals surface area (Å²) in [5.41, 5.74) is 0. The second kappa shape index (κ2) is 5.48. The highest BCUT2D eigenvalue weighted by Crippen LogP contribution is 2.15. The van der Waals surface area contributed by atoms with Gasteiger partial charge < -0.3 is 15.3 Å². The lowest BCUT2D eigenvalue weighted by Crippen LogP contribution is -2.42. The van der Waals surface area contributed by atoms with Crippen LogP contribution in [0.1, 0.15) is 19.3 Å². The van der Waals surface area contributed by atoms with Gasteiger partial charge in [0.15, 0.2) is 0 Å². The van der Waals surface area contributed by atoms with E-state index in [4.69, 9.17) is 5.11 Å². The molecule has 0 aromatic heterocycles. The van der Waals surface area contributed by atoms with E-state index in [1.165, 1.54) is 4.90 Å². The molecule has 2 amide bonds. The number of rotatable bonds is 4. The molecule has 1 fully saturated rings. The minimum absolute atomic E-state index is 0.0683. The zero-order chi connectivity index (χ0) is 12.1. The number of nitrogens with one attached hydrogen (secondary N) is 1. The molecule has 1 saturated heterocycles. The highest BCUT2D eigenvalue weighted by atomic mass is 16.4. The van der Waals surface area contributed by atoms with Crippen LogP contribution in [0.5, 0.6) is 0 Å². The molecule has 0 spiro atoms. The van der Waals surface area contributed by atoms with Crippen molar-refractivity contribution in [2.24, 2.45) is 5.92 Å². The number of piperidine rings is 1. The van der Waals surface area contributed by atoms with Gasteiger partial charge in [-0.05, 0) is 6.42 Å². The molecule has 6 heteroatoms. The molecule has 0 aliphatic carbocycles. The maximum absolute atomic E-state index is 11.8. The molecule has 0 bridgehead atoms. The Labute approximate surface area is 93.6 Å². The number of carboxylic acids is 1. The molecule has 1 aliphatic rings. The van der Waals surface area contributed by atoms with Gasteiger partial charge in [-0.1, -0.05) is 0 Å². The van der Waals surface area contributed by atoms with Gasteiger partial charge in [-0.3, -0.25) is 14.4 Å². The van der Waals surface area contributed by atoms with Gasteiger partial charge in [0, 0.05) is 32.5 Å². The Morgan fingerprint density at radius 1 is 1.56 bits per heavy atom. The molecule has 0 saturated carbocycles. The van der Waals surface area contributed by atoms with Gasteiger partial charge in [0.2, 0.25) is 11.8 Å². The van der Waals surface area contributed by atoms with Gasteiger partial charge in [0.05, 0.1) is 6.42 Å². The number of aliphatic carboxylic acids is 1. The van der Waals surface area contributed by atoms with E-state index < -0.39 is 5.97 Å². The fourth-order valence-corrected chi connectivity index (χ4v) is 1.68. The largest absolute Gasteiger partial charge is 0.481 e. The molecule has 6 nitrogen and oxygen atoms in total. The van der Waals surface area contributed by atoms with Crippen molar-refractivity contribution in [3.63, 3.8) is 0 Å². The van der Waals surface area contributed by atoms with E-state index in [2.05, 4.69) is 5.32 Å². The van der Waals surface area contributed by atoms with E-state index >= 15 is 0 Å². The molecule has 0 aromatic rings. The Balaban J connectivity index is 2.43. The fourth-order valence-electron chi connectivity index (χ4n) is 1.68. The highest BCUT2D eigenvalue weighted by Gasteiger charge is 2.27. The summed E-state index contributed by atoms with van der Waals surface area (Å²) in [6.45, 7) is 0.703. The van der Waals surface area contributed by atoms with Crippen LogP contribution in [0.15, 0.2) is 0 Å². The van der Waals surface area contributed by atoms with E-state index in [9.17, 15) is 14.4 Å². The fraction of sp³-hybridized carbons (Fsp3) is 0.700. The van der Waals surface area contributed by atoms with Crippen molar-refractivity contribution in [1.29, 1.82) is 0 Å². The van der Waals surface area contributed by atoms with E-state index in [0.29, 0.717) is 13.0 Å². The first-order valence-corrected chi connectivity index (χ1v) is 5.24. The predicted molar refractivity (Wildman–Crippen MR) is 55.6 cm³/mol. The molecule has 90 valence electrons. The van der Waals surface area contributed by atoms with Crippen LogP contribution >= 0.6 is 0 Å². The van der Waals surface area contributed by atoms with Crippen molar-refractivity contribution in [3.05, 3.63) is 0 Å². The lowest BCUT2D eigenvalue weighted by atomic mass is 9.96. The molecule has 16 heavy (non-hydrogen) atoms. The van der Waals surface area contributed by atoms with E-state index in [-0.39, 0.29) is 37.1 Å². The molecule has 1 atom stereocenters. The Morgan fingerprint density at radius 2 is 2.25 bits per heavy atom. The molecular formula is C10H16N2O4. The number of hydrogen-bond donors (Lipinski definition) is 2. The quantitative estimate of drug-likeness (QED) is 0.675. The molecule has 2 N–H and O–H groups in total. The minimum atomic E-state index is -0.930. The summed E-state index contributed by atoms with van der Waals surface area (Å²) in [5.74, 6) is -1.49. The topological polar surface area (TPSA) is 86.7 Å². The first kappa shape index (κ1) is 12.5. The zero-order valence-electron chi connectivity index (χ0n) is 9.23. The summed E-state index contributed by atoms with van der Waals surface area (Å²) < 4.78 is 0. The molecule has 1 aliphatic heterocycles.